The third kappa shape index (κ3) is 4.12. The minimum atomic E-state index is -0.383. The molecule has 1 saturated heterocycles. The molecule has 3 heterocycles. The zero-order valence-corrected chi connectivity index (χ0v) is 20.1. The van der Waals surface area contributed by atoms with Crippen molar-refractivity contribution in [1.29, 1.82) is 0 Å². The topological polar surface area (TPSA) is 73.4 Å². The number of amides is 1. The van der Waals surface area contributed by atoms with Gasteiger partial charge in [-0.15, -0.1) is 11.3 Å². The maximum absolute atomic E-state index is 12.3. The second-order valence-corrected chi connectivity index (χ2v) is 9.92. The van der Waals surface area contributed by atoms with Crippen molar-refractivity contribution in [3.63, 3.8) is 0 Å². The molecule has 8 heteroatoms. The lowest BCUT2D eigenvalue weighted by molar-refractivity contribution is 0.100. The first-order valence-electron chi connectivity index (χ1n) is 10.9. The molecule has 1 unspecified atom stereocenters. The lowest BCUT2D eigenvalue weighted by atomic mass is 9.86. The molecule has 2 atom stereocenters. The summed E-state index contributed by atoms with van der Waals surface area (Å²) in [6, 6.07) is 13.2. The largest absolute Gasteiger partial charge is 0.456 e. The van der Waals surface area contributed by atoms with E-state index in [1.54, 1.807) is 6.07 Å². The molecule has 2 aromatic carbocycles. The minimum Gasteiger partial charge on any atom is -0.456 e. The standard InChI is InChI=1S/C25H25ClN4O2S/c1-15(16-9-10-29(2)13-16)23-21(14-33-24(23)25(27)31)30-20-8-7-18(11-17(20)12-28-30)32-22-6-4-3-5-19(22)26/h3-8,11-12,14-16H,9-10,13H2,1-2H3,(H2,27,31)/t15-,16?/m0/s1. The van der Waals surface area contributed by atoms with E-state index < -0.39 is 0 Å². The summed E-state index contributed by atoms with van der Waals surface area (Å²) >= 11 is 7.63. The molecule has 1 amide bonds. The van der Waals surface area contributed by atoms with Crippen LogP contribution in [-0.4, -0.2) is 40.7 Å². The molecule has 6 nitrogen and oxygen atoms in total. The monoisotopic (exact) mass is 480 g/mol. The van der Waals surface area contributed by atoms with Crippen molar-refractivity contribution in [1.82, 2.24) is 14.7 Å². The van der Waals surface area contributed by atoms with Crippen LogP contribution in [0.25, 0.3) is 16.6 Å². The van der Waals surface area contributed by atoms with Crippen molar-refractivity contribution in [3.8, 4) is 17.2 Å². The van der Waals surface area contributed by atoms with Crippen LogP contribution < -0.4 is 10.5 Å². The molecule has 0 spiro atoms. The van der Waals surface area contributed by atoms with Gasteiger partial charge in [-0.25, -0.2) is 4.68 Å². The smallest absolute Gasteiger partial charge is 0.259 e. The summed E-state index contributed by atoms with van der Waals surface area (Å²) < 4.78 is 7.88. The van der Waals surface area contributed by atoms with Crippen LogP contribution in [0.2, 0.25) is 5.02 Å². The van der Waals surface area contributed by atoms with Gasteiger partial charge in [-0.05, 0) is 62.2 Å². The van der Waals surface area contributed by atoms with Crippen molar-refractivity contribution in [2.24, 2.45) is 11.7 Å². The Balaban J connectivity index is 1.53. The number of likely N-dealkylation sites (tertiary alicyclic amines) is 1. The summed E-state index contributed by atoms with van der Waals surface area (Å²) in [4.78, 5) is 15.2. The van der Waals surface area contributed by atoms with Crippen molar-refractivity contribution < 1.29 is 9.53 Å². The van der Waals surface area contributed by atoms with Gasteiger partial charge in [-0.1, -0.05) is 30.7 Å². The number of primary amides is 1. The highest BCUT2D eigenvalue weighted by atomic mass is 35.5. The van der Waals surface area contributed by atoms with E-state index in [1.807, 2.05) is 52.7 Å². The Morgan fingerprint density at radius 3 is 2.85 bits per heavy atom. The number of rotatable bonds is 6. The SMILES string of the molecule is C[C@H](c1c(-n2ncc3cc(Oc4ccccc4Cl)ccc32)csc1C(N)=O)C1CCN(C)C1. The molecule has 0 radical (unpaired) electrons. The van der Waals surface area contributed by atoms with E-state index in [0.717, 1.165) is 41.7 Å². The van der Waals surface area contributed by atoms with Gasteiger partial charge in [0.2, 0.25) is 0 Å². The number of benzene rings is 2. The molecular weight excluding hydrogens is 456 g/mol. The Labute approximate surface area is 201 Å². The molecule has 170 valence electrons. The molecule has 2 aromatic heterocycles. The molecule has 1 fully saturated rings. The Bertz CT molecular complexity index is 1330. The van der Waals surface area contributed by atoms with Crippen LogP contribution >= 0.6 is 22.9 Å². The maximum Gasteiger partial charge on any atom is 0.259 e. The average molecular weight is 481 g/mol. The van der Waals surface area contributed by atoms with Gasteiger partial charge in [-0.2, -0.15) is 5.10 Å². The summed E-state index contributed by atoms with van der Waals surface area (Å²) in [5.74, 6) is 1.57. The lowest BCUT2D eigenvalue weighted by Crippen LogP contribution is -2.20. The average Bonchev–Trinajstić information content (AvgIpc) is 3.52. The highest BCUT2D eigenvalue weighted by Crippen LogP contribution is 2.40. The van der Waals surface area contributed by atoms with Crippen LogP contribution in [0.3, 0.4) is 0 Å². The zero-order valence-electron chi connectivity index (χ0n) is 18.5. The molecule has 0 saturated carbocycles. The minimum absolute atomic E-state index is 0.195. The van der Waals surface area contributed by atoms with Crippen molar-refractivity contribution >= 4 is 39.7 Å². The second kappa shape index (κ2) is 8.82. The van der Waals surface area contributed by atoms with Gasteiger partial charge in [0, 0.05) is 22.9 Å². The van der Waals surface area contributed by atoms with Gasteiger partial charge >= 0.3 is 0 Å². The summed E-state index contributed by atoms with van der Waals surface area (Å²) in [6.45, 7) is 4.28. The van der Waals surface area contributed by atoms with E-state index >= 15 is 0 Å². The van der Waals surface area contributed by atoms with Gasteiger partial charge in [0.25, 0.3) is 5.91 Å². The number of para-hydroxylation sites is 1. The number of carbonyl (C=O) groups excluding carboxylic acids is 1. The van der Waals surface area contributed by atoms with Crippen LogP contribution in [0, 0.1) is 5.92 Å². The normalized spacial score (nSPS) is 17.5. The summed E-state index contributed by atoms with van der Waals surface area (Å²) in [5.41, 5.74) is 8.62. The molecule has 5 rings (SSSR count). The molecule has 2 N–H and O–H groups in total. The third-order valence-electron chi connectivity index (χ3n) is 6.46. The number of ether oxygens (including phenoxy) is 1. The van der Waals surface area contributed by atoms with Crippen LogP contribution in [-0.2, 0) is 0 Å². The van der Waals surface area contributed by atoms with Gasteiger partial charge in [0.1, 0.15) is 11.5 Å². The van der Waals surface area contributed by atoms with Crippen LogP contribution in [0.4, 0.5) is 0 Å². The van der Waals surface area contributed by atoms with E-state index in [-0.39, 0.29) is 11.8 Å². The molecule has 1 aliphatic heterocycles. The Hall–Kier alpha value is -2.87. The number of nitrogens with two attached hydrogens (primary N) is 1. The van der Waals surface area contributed by atoms with Gasteiger partial charge < -0.3 is 15.4 Å². The van der Waals surface area contributed by atoms with Crippen molar-refractivity contribution in [3.05, 3.63) is 69.5 Å². The first-order valence-corrected chi connectivity index (χ1v) is 12.2. The third-order valence-corrected chi connectivity index (χ3v) is 7.77. The number of hydrogen-bond acceptors (Lipinski definition) is 5. The molecule has 4 aromatic rings. The van der Waals surface area contributed by atoms with Crippen molar-refractivity contribution in [2.75, 3.05) is 20.1 Å². The summed E-state index contributed by atoms with van der Waals surface area (Å²) in [5, 5.41) is 8.15. The fourth-order valence-electron chi connectivity index (χ4n) is 4.69. The first kappa shape index (κ1) is 21.9. The van der Waals surface area contributed by atoms with E-state index in [1.165, 1.54) is 11.3 Å². The van der Waals surface area contributed by atoms with Gasteiger partial charge in [0.05, 0.1) is 27.3 Å². The van der Waals surface area contributed by atoms with E-state index in [0.29, 0.717) is 27.3 Å². The Morgan fingerprint density at radius 1 is 1.30 bits per heavy atom. The molecular formula is C25H25ClN4O2S. The second-order valence-electron chi connectivity index (χ2n) is 8.64. The predicted molar refractivity (Wildman–Crippen MR) is 133 cm³/mol. The molecule has 33 heavy (non-hydrogen) atoms. The van der Waals surface area contributed by atoms with E-state index in [9.17, 15) is 4.79 Å². The van der Waals surface area contributed by atoms with Gasteiger partial charge in [0.15, 0.2) is 0 Å². The predicted octanol–water partition coefficient (Wildman–Crippen LogP) is 5.69. The molecule has 0 aliphatic carbocycles. The van der Waals surface area contributed by atoms with Crippen LogP contribution in [0.15, 0.2) is 54.0 Å². The maximum atomic E-state index is 12.3. The number of fused-ring (bicyclic) bond motifs is 1. The number of carbonyl (C=O) groups is 1. The quantitative estimate of drug-likeness (QED) is 0.385. The number of nitrogens with zero attached hydrogens (tertiary/aromatic N) is 3. The lowest BCUT2D eigenvalue weighted by Gasteiger charge is -2.21. The summed E-state index contributed by atoms with van der Waals surface area (Å²) in [6.07, 6.45) is 2.92. The zero-order chi connectivity index (χ0) is 23.1. The Morgan fingerprint density at radius 2 is 2.12 bits per heavy atom. The van der Waals surface area contributed by atoms with Crippen LogP contribution in [0.1, 0.15) is 34.5 Å². The number of hydrogen-bond donors (Lipinski definition) is 1. The molecule has 0 bridgehead atoms. The van der Waals surface area contributed by atoms with Crippen LogP contribution in [0.5, 0.6) is 11.5 Å². The Kier molecular flexibility index (Phi) is 5.86. The van der Waals surface area contributed by atoms with Crippen molar-refractivity contribution in [2.45, 2.75) is 19.3 Å². The van der Waals surface area contributed by atoms with Gasteiger partial charge in [-0.3, -0.25) is 4.79 Å². The summed E-state index contributed by atoms with van der Waals surface area (Å²) in [7, 11) is 2.14. The number of aromatic nitrogens is 2. The fourth-order valence-corrected chi connectivity index (χ4v) is 5.85. The highest BCUT2D eigenvalue weighted by molar-refractivity contribution is 7.12. The first-order chi connectivity index (χ1) is 15.9. The van der Waals surface area contributed by atoms with E-state index in [4.69, 9.17) is 22.1 Å². The fraction of sp³-hybridized carbons (Fsp3) is 0.280. The molecule has 1 aliphatic rings. The number of thiophene rings is 1. The highest BCUT2D eigenvalue weighted by Gasteiger charge is 2.32. The van der Waals surface area contributed by atoms with E-state index in [2.05, 4.69) is 24.0 Å². The number of halogens is 1.